The van der Waals surface area contributed by atoms with Crippen molar-refractivity contribution in [2.75, 3.05) is 0 Å². The lowest BCUT2D eigenvalue weighted by atomic mass is 10.6. The molecule has 4 heteroatoms. The third-order valence-electron chi connectivity index (χ3n) is 2.08. The Morgan fingerprint density at radius 2 is 2.20 bits per heavy atom. The van der Waals surface area contributed by atoms with Crippen LogP contribution in [0.4, 0.5) is 0 Å². The van der Waals surface area contributed by atoms with Gasteiger partial charge in [0.15, 0.2) is 0 Å². The van der Waals surface area contributed by atoms with Crippen LogP contribution in [0.3, 0.4) is 0 Å². The zero-order chi connectivity index (χ0) is 7.61. The maximum atomic E-state index is 6.18. The molecule has 0 N–H and O–H groups in total. The van der Waals surface area contributed by atoms with Crippen LogP contribution in [-0.4, -0.2) is 15.5 Å². The molecule has 1 saturated heterocycles. The Kier molecular flexibility index (Phi) is 3.29. The maximum absolute atomic E-state index is 6.18. The molecule has 1 aliphatic heterocycles. The molecular weight excluding hydrogens is 199 g/mol. The highest BCUT2D eigenvalue weighted by Gasteiger charge is 2.35. The van der Waals surface area contributed by atoms with Crippen molar-refractivity contribution in [2.45, 2.75) is 37.1 Å². The van der Waals surface area contributed by atoms with E-state index in [4.69, 9.17) is 22.2 Å². The van der Waals surface area contributed by atoms with Gasteiger partial charge in [-0.15, -0.1) is 22.2 Å². The molecule has 1 radical (unpaired) electrons. The van der Waals surface area contributed by atoms with E-state index in [0.29, 0.717) is 0 Å². The largest absolute Gasteiger partial charge is 0.248 e. The topological polar surface area (TPSA) is 0 Å². The van der Waals surface area contributed by atoms with E-state index in [1.807, 2.05) is 0 Å². The molecule has 0 aromatic heterocycles. The van der Waals surface area contributed by atoms with E-state index in [1.54, 1.807) is 0 Å². The van der Waals surface area contributed by atoms with Gasteiger partial charge in [-0.2, -0.15) is 0 Å². The summed E-state index contributed by atoms with van der Waals surface area (Å²) in [6, 6.07) is 3.96. The van der Waals surface area contributed by atoms with Crippen molar-refractivity contribution >= 4 is 37.6 Å². The molecule has 10 heavy (non-hydrogen) atoms. The van der Waals surface area contributed by atoms with Gasteiger partial charge in [-0.1, -0.05) is 25.4 Å². The minimum absolute atomic E-state index is 0.0961. The van der Waals surface area contributed by atoms with Crippen LogP contribution in [0, 0.1) is 0 Å². The zero-order valence-electron chi connectivity index (χ0n) is 6.29. The maximum Gasteiger partial charge on any atom is 0.248 e. The first-order valence-electron chi connectivity index (χ1n) is 3.85. The SMILES string of the molecule is CC[Si]1CCC[Si](Cl)(Cl)C1. The van der Waals surface area contributed by atoms with Gasteiger partial charge in [0.2, 0.25) is 6.69 Å². The van der Waals surface area contributed by atoms with Gasteiger partial charge in [0.05, 0.1) is 0 Å². The van der Waals surface area contributed by atoms with Crippen molar-refractivity contribution in [1.29, 1.82) is 0 Å². The molecule has 1 rings (SSSR count). The molecule has 0 bridgehead atoms. The second-order valence-electron chi connectivity index (χ2n) is 2.99. The predicted octanol–water partition coefficient (Wildman–Crippen LogP) is 3.36. The molecule has 0 saturated carbocycles. The molecule has 0 aromatic rings. The fourth-order valence-corrected chi connectivity index (χ4v) is 13.1. The third kappa shape index (κ3) is 2.57. The molecule has 0 atom stereocenters. The lowest BCUT2D eigenvalue weighted by molar-refractivity contribution is 1.01. The molecule has 0 nitrogen and oxygen atoms in total. The van der Waals surface area contributed by atoms with Gasteiger partial charge in [-0.3, -0.25) is 0 Å². The van der Waals surface area contributed by atoms with Gasteiger partial charge in [0.1, 0.15) is 0 Å². The van der Waals surface area contributed by atoms with Crippen molar-refractivity contribution in [2.24, 2.45) is 0 Å². The highest BCUT2D eigenvalue weighted by Crippen LogP contribution is 2.35. The fraction of sp³-hybridized carbons (Fsp3) is 1.00. The summed E-state index contributed by atoms with van der Waals surface area (Å²) in [7, 11) is -0.0961. The lowest BCUT2D eigenvalue weighted by Crippen LogP contribution is -2.32. The Labute approximate surface area is 74.9 Å². The lowest BCUT2D eigenvalue weighted by Gasteiger charge is -2.27. The summed E-state index contributed by atoms with van der Waals surface area (Å²) in [6.07, 6.45) is 1.31. The van der Waals surface area contributed by atoms with Crippen LogP contribution in [-0.2, 0) is 0 Å². The number of rotatable bonds is 1. The average molecular weight is 212 g/mol. The molecule has 59 valence electrons. The predicted molar refractivity (Wildman–Crippen MR) is 52.7 cm³/mol. The van der Waals surface area contributed by atoms with Crippen molar-refractivity contribution in [3.63, 3.8) is 0 Å². The Bertz CT molecular complexity index is 116. The first-order valence-corrected chi connectivity index (χ1v) is 10.4. The molecule has 1 aliphatic rings. The second-order valence-corrected chi connectivity index (χ2v) is 14.2. The van der Waals surface area contributed by atoms with Gasteiger partial charge < -0.3 is 0 Å². The second kappa shape index (κ2) is 3.61. The van der Waals surface area contributed by atoms with E-state index in [1.165, 1.54) is 24.2 Å². The molecule has 1 heterocycles. The fourth-order valence-electron chi connectivity index (χ4n) is 1.44. The zero-order valence-corrected chi connectivity index (χ0v) is 9.80. The van der Waals surface area contributed by atoms with Gasteiger partial charge in [0, 0.05) is 8.80 Å². The smallest absolute Gasteiger partial charge is 0.146 e. The number of hydrogen-bond acceptors (Lipinski definition) is 0. The van der Waals surface area contributed by atoms with E-state index < -0.39 is 6.69 Å². The summed E-state index contributed by atoms with van der Waals surface area (Å²) < 4.78 is 0. The van der Waals surface area contributed by atoms with Gasteiger partial charge in [-0.25, -0.2) is 0 Å². The van der Waals surface area contributed by atoms with Crippen LogP contribution in [0.15, 0.2) is 0 Å². The summed E-state index contributed by atoms with van der Waals surface area (Å²) in [4.78, 5) is 0. The van der Waals surface area contributed by atoms with Gasteiger partial charge in [-0.05, 0) is 11.7 Å². The van der Waals surface area contributed by atoms with Crippen molar-refractivity contribution < 1.29 is 0 Å². The quantitative estimate of drug-likeness (QED) is 0.462. The highest BCUT2D eigenvalue weighted by molar-refractivity contribution is 7.47. The van der Waals surface area contributed by atoms with Crippen molar-refractivity contribution in [3.05, 3.63) is 0 Å². The summed E-state index contributed by atoms with van der Waals surface area (Å²) >= 11 is 12.4. The number of hydrogen-bond donors (Lipinski definition) is 0. The summed E-state index contributed by atoms with van der Waals surface area (Å²) in [6.45, 7) is 0.591. The van der Waals surface area contributed by atoms with E-state index in [0.717, 1.165) is 6.04 Å². The summed E-state index contributed by atoms with van der Waals surface area (Å²) in [5.74, 6) is 0. The number of halogens is 2. The Morgan fingerprint density at radius 3 is 2.60 bits per heavy atom. The standard InChI is InChI=1S/C6H13Cl2Si2/c1-2-9-4-3-5-10(7,8)6-9/h2-6H2,1H3. The molecule has 0 unspecified atom stereocenters. The summed E-state index contributed by atoms with van der Waals surface area (Å²) in [5.41, 5.74) is 1.23. The first-order chi connectivity index (χ1) is 4.64. The minimum Gasteiger partial charge on any atom is -0.146 e. The van der Waals surface area contributed by atoms with E-state index in [9.17, 15) is 0 Å². The van der Waals surface area contributed by atoms with E-state index in [-0.39, 0.29) is 8.80 Å². The molecule has 0 spiro atoms. The molecule has 1 fully saturated rings. The van der Waals surface area contributed by atoms with Crippen LogP contribution in [0.25, 0.3) is 0 Å². The first kappa shape index (κ1) is 9.10. The summed E-state index contributed by atoms with van der Waals surface area (Å²) in [5, 5.41) is 0. The van der Waals surface area contributed by atoms with Crippen LogP contribution in [0.2, 0.25) is 23.8 Å². The molecule has 0 amide bonds. The van der Waals surface area contributed by atoms with E-state index >= 15 is 0 Å². The molecule has 0 aromatic carbocycles. The van der Waals surface area contributed by atoms with Crippen LogP contribution >= 0.6 is 22.2 Å². The van der Waals surface area contributed by atoms with Crippen molar-refractivity contribution in [1.82, 2.24) is 0 Å². The third-order valence-corrected chi connectivity index (χ3v) is 12.8. The normalized spacial score (nSPS) is 26.7. The van der Waals surface area contributed by atoms with Crippen molar-refractivity contribution in [3.8, 4) is 0 Å². The van der Waals surface area contributed by atoms with Crippen LogP contribution in [0.5, 0.6) is 0 Å². The monoisotopic (exact) mass is 211 g/mol. The van der Waals surface area contributed by atoms with Gasteiger partial charge >= 0.3 is 0 Å². The highest BCUT2D eigenvalue weighted by atomic mass is 35.7. The van der Waals surface area contributed by atoms with Crippen LogP contribution < -0.4 is 0 Å². The van der Waals surface area contributed by atoms with Gasteiger partial charge in [0.25, 0.3) is 0 Å². The van der Waals surface area contributed by atoms with E-state index in [2.05, 4.69) is 6.92 Å². The molecular formula is C6H13Cl2Si2. The average Bonchev–Trinajstić information content (AvgIpc) is 1.86. The Morgan fingerprint density at radius 1 is 1.50 bits per heavy atom. The van der Waals surface area contributed by atoms with Crippen LogP contribution in [0.1, 0.15) is 13.3 Å². The Balaban J connectivity index is 2.40. The molecule has 0 aliphatic carbocycles. The minimum atomic E-state index is -1.68. The Hall–Kier alpha value is 1.01.